The van der Waals surface area contributed by atoms with Crippen LogP contribution in [0.15, 0.2) is 41.8 Å². The van der Waals surface area contributed by atoms with Crippen LogP contribution in [0.25, 0.3) is 0 Å². The average Bonchev–Trinajstić information content (AvgIpc) is 3.03. The molecule has 0 aromatic carbocycles. The van der Waals surface area contributed by atoms with E-state index in [9.17, 15) is 8.42 Å². The van der Waals surface area contributed by atoms with Gasteiger partial charge >= 0.3 is 0 Å². The van der Waals surface area contributed by atoms with E-state index in [0.29, 0.717) is 31.2 Å². The zero-order valence-corrected chi connectivity index (χ0v) is 13.4. The largest absolute Gasteiger partial charge is 0.478 e. The van der Waals surface area contributed by atoms with E-state index < -0.39 is 10.0 Å². The molecule has 122 valence electrons. The number of aromatic nitrogens is 3. The van der Waals surface area contributed by atoms with E-state index in [1.165, 1.54) is 25.6 Å². The summed E-state index contributed by atoms with van der Waals surface area (Å²) in [6, 6.07) is 2.92. The molecule has 0 bridgehead atoms. The Kier molecular flexibility index (Phi) is 4.39. The SMILES string of the molecule is COc1nccnc1N1CC[C@H](NS(=O)(=O)c2cccnc2)C1. The number of hydrogen-bond acceptors (Lipinski definition) is 7. The molecule has 0 unspecified atom stereocenters. The Bertz CT molecular complexity index is 769. The van der Waals surface area contributed by atoms with E-state index in [-0.39, 0.29) is 10.9 Å². The van der Waals surface area contributed by atoms with Crippen LogP contribution < -0.4 is 14.4 Å². The first-order valence-corrected chi connectivity index (χ1v) is 8.61. The Hall–Kier alpha value is -2.26. The monoisotopic (exact) mass is 335 g/mol. The molecule has 1 aliphatic heterocycles. The van der Waals surface area contributed by atoms with Crippen LogP contribution in [0.3, 0.4) is 0 Å². The van der Waals surface area contributed by atoms with Gasteiger partial charge in [0, 0.05) is 43.9 Å². The molecular formula is C14H17N5O3S. The number of nitrogens with one attached hydrogen (secondary N) is 1. The molecular weight excluding hydrogens is 318 g/mol. The minimum Gasteiger partial charge on any atom is -0.478 e. The van der Waals surface area contributed by atoms with E-state index in [0.717, 1.165) is 0 Å². The lowest BCUT2D eigenvalue weighted by atomic mass is 10.3. The van der Waals surface area contributed by atoms with Gasteiger partial charge in [0.05, 0.1) is 7.11 Å². The molecule has 1 N–H and O–H groups in total. The Morgan fingerprint density at radius 3 is 2.87 bits per heavy atom. The molecule has 0 amide bonds. The molecule has 1 fully saturated rings. The first-order valence-electron chi connectivity index (χ1n) is 7.12. The van der Waals surface area contributed by atoms with Crippen molar-refractivity contribution in [2.24, 2.45) is 0 Å². The van der Waals surface area contributed by atoms with Crippen molar-refractivity contribution in [3.63, 3.8) is 0 Å². The van der Waals surface area contributed by atoms with E-state index in [1.54, 1.807) is 18.5 Å². The summed E-state index contributed by atoms with van der Waals surface area (Å²) in [5.74, 6) is 1.06. The standard InChI is InChI=1S/C14H17N5O3S/c1-22-14-13(16-6-7-17-14)19-8-4-11(10-19)18-23(20,21)12-3-2-5-15-9-12/h2-3,5-7,9,11,18H,4,8,10H2,1H3/t11-/m0/s1. The summed E-state index contributed by atoms with van der Waals surface area (Å²) in [7, 11) is -2.04. The lowest BCUT2D eigenvalue weighted by Crippen LogP contribution is -2.37. The van der Waals surface area contributed by atoms with Crippen LogP contribution in [0.4, 0.5) is 5.82 Å². The van der Waals surface area contributed by atoms with Gasteiger partial charge < -0.3 is 9.64 Å². The predicted molar refractivity (Wildman–Crippen MR) is 83.8 cm³/mol. The van der Waals surface area contributed by atoms with Gasteiger partial charge in [-0.1, -0.05) is 0 Å². The molecule has 3 heterocycles. The molecule has 1 saturated heterocycles. The summed E-state index contributed by atoms with van der Waals surface area (Å²) in [6.45, 7) is 1.18. The zero-order chi connectivity index (χ0) is 16.3. The highest BCUT2D eigenvalue weighted by atomic mass is 32.2. The first kappa shape index (κ1) is 15.6. The molecule has 0 spiro atoms. The van der Waals surface area contributed by atoms with Gasteiger partial charge in [0.2, 0.25) is 10.0 Å². The molecule has 23 heavy (non-hydrogen) atoms. The second-order valence-electron chi connectivity index (χ2n) is 5.13. The molecule has 0 saturated carbocycles. The number of pyridine rings is 1. The number of hydrogen-bond donors (Lipinski definition) is 1. The fourth-order valence-corrected chi connectivity index (χ4v) is 3.75. The number of sulfonamides is 1. The molecule has 9 heteroatoms. The summed E-state index contributed by atoms with van der Waals surface area (Å²) < 4.78 is 32.6. The van der Waals surface area contributed by atoms with E-state index in [2.05, 4.69) is 19.7 Å². The predicted octanol–water partition coefficient (Wildman–Crippen LogP) is 0.437. The van der Waals surface area contributed by atoms with Gasteiger partial charge in [0.25, 0.3) is 5.88 Å². The second-order valence-corrected chi connectivity index (χ2v) is 6.84. The highest BCUT2D eigenvalue weighted by Crippen LogP contribution is 2.26. The van der Waals surface area contributed by atoms with Gasteiger partial charge in [-0.3, -0.25) is 4.98 Å². The maximum absolute atomic E-state index is 12.3. The lowest BCUT2D eigenvalue weighted by Gasteiger charge is -2.19. The minimum absolute atomic E-state index is 0.163. The number of anilines is 1. The van der Waals surface area contributed by atoms with Crippen molar-refractivity contribution in [2.45, 2.75) is 17.4 Å². The fourth-order valence-electron chi connectivity index (χ4n) is 2.52. The van der Waals surface area contributed by atoms with Crippen molar-refractivity contribution >= 4 is 15.8 Å². The summed E-state index contributed by atoms with van der Waals surface area (Å²) in [6.07, 6.45) is 6.70. The highest BCUT2D eigenvalue weighted by molar-refractivity contribution is 7.89. The zero-order valence-electron chi connectivity index (χ0n) is 12.6. The summed E-state index contributed by atoms with van der Waals surface area (Å²) in [5, 5.41) is 0. The van der Waals surface area contributed by atoms with Gasteiger partial charge in [0.15, 0.2) is 5.82 Å². The van der Waals surface area contributed by atoms with Crippen molar-refractivity contribution in [1.29, 1.82) is 0 Å². The van der Waals surface area contributed by atoms with E-state index >= 15 is 0 Å². The topological polar surface area (TPSA) is 97.3 Å². The molecule has 8 nitrogen and oxygen atoms in total. The average molecular weight is 335 g/mol. The quantitative estimate of drug-likeness (QED) is 0.846. The van der Waals surface area contributed by atoms with Gasteiger partial charge in [-0.2, -0.15) is 0 Å². The molecule has 0 radical (unpaired) electrons. The van der Waals surface area contributed by atoms with Gasteiger partial charge in [-0.15, -0.1) is 0 Å². The number of rotatable bonds is 5. The van der Waals surface area contributed by atoms with Crippen LogP contribution in [-0.4, -0.2) is 49.6 Å². The Labute approximate surface area is 134 Å². The van der Waals surface area contributed by atoms with Crippen LogP contribution in [0.5, 0.6) is 5.88 Å². The maximum atomic E-state index is 12.3. The summed E-state index contributed by atoms with van der Waals surface area (Å²) >= 11 is 0. The second kappa shape index (κ2) is 6.47. The molecule has 1 aliphatic rings. The molecule has 3 rings (SSSR count). The number of methoxy groups -OCH3 is 1. The molecule has 0 aliphatic carbocycles. The van der Waals surface area contributed by atoms with Crippen molar-refractivity contribution in [3.8, 4) is 5.88 Å². The Morgan fingerprint density at radius 1 is 1.30 bits per heavy atom. The van der Waals surface area contributed by atoms with Crippen LogP contribution in [0.2, 0.25) is 0 Å². The Morgan fingerprint density at radius 2 is 2.13 bits per heavy atom. The van der Waals surface area contributed by atoms with E-state index in [1.807, 2.05) is 4.90 Å². The fraction of sp³-hybridized carbons (Fsp3) is 0.357. The third-order valence-corrected chi connectivity index (χ3v) is 5.10. The molecule has 2 aromatic heterocycles. The number of ether oxygens (including phenoxy) is 1. The van der Waals surface area contributed by atoms with Gasteiger partial charge in [-0.05, 0) is 18.6 Å². The van der Waals surface area contributed by atoms with Crippen molar-refractivity contribution in [2.75, 3.05) is 25.1 Å². The first-order chi connectivity index (χ1) is 11.1. The minimum atomic E-state index is -3.57. The van der Waals surface area contributed by atoms with Crippen LogP contribution >= 0.6 is 0 Å². The van der Waals surface area contributed by atoms with Crippen LogP contribution in [0.1, 0.15) is 6.42 Å². The van der Waals surface area contributed by atoms with Crippen LogP contribution in [-0.2, 0) is 10.0 Å². The van der Waals surface area contributed by atoms with Crippen molar-refractivity contribution in [1.82, 2.24) is 19.7 Å². The smallest absolute Gasteiger partial charge is 0.257 e. The normalized spacial score (nSPS) is 18.1. The van der Waals surface area contributed by atoms with Crippen molar-refractivity contribution < 1.29 is 13.2 Å². The summed E-state index contributed by atoms with van der Waals surface area (Å²) in [5.41, 5.74) is 0. The maximum Gasteiger partial charge on any atom is 0.257 e. The third-order valence-electron chi connectivity index (χ3n) is 3.59. The van der Waals surface area contributed by atoms with Gasteiger partial charge in [-0.25, -0.2) is 23.1 Å². The van der Waals surface area contributed by atoms with Crippen LogP contribution in [0, 0.1) is 0 Å². The molecule has 1 atom stereocenters. The third kappa shape index (κ3) is 3.40. The number of nitrogens with zero attached hydrogens (tertiary/aromatic N) is 4. The highest BCUT2D eigenvalue weighted by Gasteiger charge is 2.29. The summed E-state index contributed by atoms with van der Waals surface area (Å²) in [4.78, 5) is 14.4. The lowest BCUT2D eigenvalue weighted by molar-refractivity contribution is 0.396. The van der Waals surface area contributed by atoms with Crippen molar-refractivity contribution in [3.05, 3.63) is 36.9 Å². The van der Waals surface area contributed by atoms with E-state index in [4.69, 9.17) is 4.74 Å². The molecule has 2 aromatic rings. The van der Waals surface area contributed by atoms with Gasteiger partial charge in [0.1, 0.15) is 4.90 Å². The Balaban J connectivity index is 1.71.